The Kier molecular flexibility index (Phi) is 16.7. The Morgan fingerprint density at radius 3 is 1.84 bits per heavy atom. The van der Waals surface area contributed by atoms with E-state index in [0.29, 0.717) is 64.2 Å². The van der Waals surface area contributed by atoms with Crippen molar-refractivity contribution < 1.29 is 119 Å². The smallest absolute Gasteiger partial charge is 0.315 e. The average Bonchev–Trinajstić information content (AvgIpc) is 3.58. The van der Waals surface area contributed by atoms with Crippen LogP contribution in [0.4, 0.5) is 0 Å². The maximum absolute atomic E-state index is 15.4. The van der Waals surface area contributed by atoms with Crippen LogP contribution in [0.15, 0.2) is 11.6 Å². The van der Waals surface area contributed by atoms with Gasteiger partial charge < -0.3 is 109 Å². The van der Waals surface area contributed by atoms with Crippen molar-refractivity contribution >= 4 is 11.9 Å². The van der Waals surface area contributed by atoms with Crippen molar-refractivity contribution in [1.82, 2.24) is 0 Å². The number of ether oxygens (including phenoxy) is 8. The summed E-state index contributed by atoms with van der Waals surface area (Å²) >= 11 is 0. The van der Waals surface area contributed by atoms with E-state index in [1.165, 1.54) is 0 Å². The summed E-state index contributed by atoms with van der Waals surface area (Å²) < 4.78 is 47.0. The van der Waals surface area contributed by atoms with E-state index < -0.39 is 182 Å². The van der Waals surface area contributed by atoms with Crippen LogP contribution in [0.2, 0.25) is 0 Å². The zero-order valence-electron chi connectivity index (χ0n) is 44.6. The van der Waals surface area contributed by atoms with E-state index in [1.54, 1.807) is 6.92 Å². The van der Waals surface area contributed by atoms with Gasteiger partial charge in [0.15, 0.2) is 18.9 Å². The third kappa shape index (κ3) is 9.65. The van der Waals surface area contributed by atoms with Gasteiger partial charge in [0.25, 0.3) is 0 Å². The van der Waals surface area contributed by atoms with Gasteiger partial charge >= 0.3 is 11.9 Å². The van der Waals surface area contributed by atoms with Crippen molar-refractivity contribution in [3.8, 4) is 0 Å². The Bertz CT molecular complexity index is 2160. The van der Waals surface area contributed by atoms with Crippen LogP contribution in [0, 0.1) is 50.2 Å². The number of allylic oxidation sites excluding steroid dienone is 2. The molecule has 28 atom stereocenters. The van der Waals surface area contributed by atoms with Crippen LogP contribution in [-0.4, -0.2) is 233 Å². The number of hydrogen-bond acceptors (Lipinski definition) is 23. The Labute approximate surface area is 446 Å². The molecule has 4 aliphatic heterocycles. The Hall–Kier alpha value is -2.12. The predicted molar refractivity (Wildman–Crippen MR) is 259 cm³/mol. The maximum atomic E-state index is 15.4. The normalized spacial score (nSPS) is 53.6. The highest BCUT2D eigenvalue weighted by Crippen LogP contribution is 2.76. The number of carboxylic acids is 1. The summed E-state index contributed by atoms with van der Waals surface area (Å²) in [4.78, 5) is 29.1. The zero-order valence-corrected chi connectivity index (χ0v) is 44.6. The number of aliphatic carboxylic acids is 1. The molecule has 77 heavy (non-hydrogen) atoms. The summed E-state index contributed by atoms with van der Waals surface area (Å²) in [6.45, 7) is 10.2. The lowest BCUT2D eigenvalue weighted by Crippen LogP contribution is -2.67. The van der Waals surface area contributed by atoms with E-state index in [1.807, 2.05) is 0 Å². The fourth-order valence-electron chi connectivity index (χ4n) is 16.1. The number of carboxylic acid groups (broad SMARTS) is 1. The van der Waals surface area contributed by atoms with E-state index in [4.69, 9.17) is 37.9 Å². The van der Waals surface area contributed by atoms with Gasteiger partial charge in [-0.15, -0.1) is 0 Å². The van der Waals surface area contributed by atoms with E-state index in [0.717, 1.165) is 5.57 Å². The molecular weight excluding hydrogens is 1020 g/mol. The summed E-state index contributed by atoms with van der Waals surface area (Å²) in [6, 6.07) is 0. The quantitative estimate of drug-likeness (QED) is 0.0554. The van der Waals surface area contributed by atoms with E-state index in [9.17, 15) is 76.3 Å². The lowest BCUT2D eigenvalue weighted by molar-refractivity contribution is -0.363. The molecule has 24 heteroatoms. The summed E-state index contributed by atoms with van der Waals surface area (Å²) in [5.41, 5.74) is -3.10. The first-order valence-corrected chi connectivity index (χ1v) is 27.4. The molecule has 0 amide bonds. The number of carbonyl (C=O) groups is 2. The largest absolute Gasteiger partial charge is 0.481 e. The van der Waals surface area contributed by atoms with Crippen molar-refractivity contribution in [2.75, 3.05) is 26.4 Å². The molecule has 0 aromatic heterocycles. The SMILES string of the molecule is CC1(C)CC[C@]2(C(=O)O[C@@H]3O[C@H](CO[C@@H]4O[C@H](CO)[C@@H](O)[C@H](O)[C@H]4O)[C@@H](O)[C@H](O[C@@H]4O[C@H](CO)[C@@H](O)[C@H](O)[C@H]4O)[C@H]3O)CC[C@]3(C)C(=CCC4[C@@]5(C)CC[C@H](O[C@@H]6OC[C@@H](O)[C@H](O)[C@H]6O)[C@@](C)(C(=O)O)C5CC[C@]43C)[C@@H]2C1. The molecule has 0 bridgehead atoms. The number of aliphatic hydroxyl groups excluding tert-OH is 13. The third-order valence-electron chi connectivity index (χ3n) is 21.1. The average molecular weight is 1110 g/mol. The molecule has 0 spiro atoms. The summed E-state index contributed by atoms with van der Waals surface area (Å²) in [5.74, 6) is -2.49. The maximum Gasteiger partial charge on any atom is 0.315 e. The van der Waals surface area contributed by atoms with E-state index in [2.05, 4.69) is 40.7 Å². The first kappa shape index (κ1) is 59.5. The lowest BCUT2D eigenvalue weighted by atomic mass is 9.33. The highest BCUT2D eigenvalue weighted by Gasteiger charge is 2.72. The van der Waals surface area contributed by atoms with Gasteiger partial charge in [-0.1, -0.05) is 46.3 Å². The molecular formula is C53H84O24. The molecule has 440 valence electrons. The number of esters is 1. The monoisotopic (exact) mass is 1100 g/mol. The van der Waals surface area contributed by atoms with Crippen LogP contribution in [-0.2, 0) is 47.5 Å². The first-order chi connectivity index (χ1) is 36.0. The lowest BCUT2D eigenvalue weighted by Gasteiger charge is -2.71. The second-order valence-corrected chi connectivity index (χ2v) is 25.6. The van der Waals surface area contributed by atoms with Crippen LogP contribution < -0.4 is 0 Å². The number of carbonyl (C=O) groups excluding carboxylic acids is 1. The predicted octanol–water partition coefficient (Wildman–Crippen LogP) is -2.33. The highest BCUT2D eigenvalue weighted by molar-refractivity contribution is 5.79. The minimum Gasteiger partial charge on any atom is -0.481 e. The van der Waals surface area contributed by atoms with Crippen molar-refractivity contribution in [2.24, 2.45) is 50.2 Å². The molecule has 8 fully saturated rings. The van der Waals surface area contributed by atoms with Gasteiger partial charge in [0.1, 0.15) is 91.6 Å². The van der Waals surface area contributed by atoms with Crippen molar-refractivity contribution in [1.29, 1.82) is 0 Å². The highest BCUT2D eigenvalue weighted by atomic mass is 16.8. The second-order valence-electron chi connectivity index (χ2n) is 25.6. The van der Waals surface area contributed by atoms with Gasteiger partial charge in [-0.05, 0) is 111 Å². The first-order valence-electron chi connectivity index (χ1n) is 27.4. The molecule has 9 rings (SSSR count). The molecule has 5 aliphatic carbocycles. The molecule has 4 saturated heterocycles. The number of rotatable bonds is 12. The van der Waals surface area contributed by atoms with Crippen molar-refractivity contribution in [3.63, 3.8) is 0 Å². The second kappa shape index (κ2) is 21.6. The van der Waals surface area contributed by atoms with Crippen molar-refractivity contribution in [3.05, 3.63) is 11.6 Å². The molecule has 0 radical (unpaired) electrons. The number of hydrogen-bond donors (Lipinski definition) is 14. The number of aliphatic hydroxyl groups is 13. The topological polar surface area (TPSA) is 391 Å². The van der Waals surface area contributed by atoms with Gasteiger partial charge in [-0.2, -0.15) is 0 Å². The summed E-state index contributed by atoms with van der Waals surface area (Å²) in [7, 11) is 0. The minimum absolute atomic E-state index is 0.00774. The zero-order chi connectivity index (χ0) is 56.3. The van der Waals surface area contributed by atoms with Crippen molar-refractivity contribution in [2.45, 2.75) is 229 Å². The van der Waals surface area contributed by atoms with Crippen LogP contribution in [0.3, 0.4) is 0 Å². The number of fused-ring (bicyclic) bond motifs is 7. The fraction of sp³-hybridized carbons (Fsp3) is 0.925. The van der Waals surface area contributed by atoms with Crippen LogP contribution in [0.5, 0.6) is 0 Å². The van der Waals surface area contributed by atoms with Crippen LogP contribution in [0.1, 0.15) is 106 Å². The van der Waals surface area contributed by atoms with Gasteiger partial charge in [0, 0.05) is 0 Å². The standard InChI is InChI=1S/C53H84O24/c1-48(2)13-15-53(47(69)77-45-40(66)41(76-44-39(65)36(62)33(59)26(19-55)73-44)34(60)27(74-45)21-71-42-38(64)35(61)32(58)25(18-54)72-42)16-14-50(4)22(23(53)17-48)7-8-28-49(3)11-10-30(75-43-37(63)31(57)24(56)20-70-43)52(6,46(67)68)29(49)9-12-51(28,50)5/h7,23-45,54-66H,8-21H2,1-6H3,(H,67,68)/t23-,24+,25+,26+,27+,28?,29?,30-,31-,32+,33+,34+,35-,36-,37+,38+,39+,40+,41-,42+,43-,44-,45-,49+,50+,51+,52-,53-/m0/s1. The van der Waals surface area contributed by atoms with E-state index in [-0.39, 0.29) is 29.8 Å². The Balaban J connectivity index is 0.992. The molecule has 14 N–H and O–H groups in total. The minimum atomic E-state index is -2.02. The fourth-order valence-corrected chi connectivity index (χ4v) is 16.1. The molecule has 4 saturated carbocycles. The summed E-state index contributed by atoms with van der Waals surface area (Å²) in [6.07, 6.45) is -25.9. The molecule has 9 aliphatic rings. The Morgan fingerprint density at radius 2 is 1.21 bits per heavy atom. The van der Waals surface area contributed by atoms with Gasteiger partial charge in [0.05, 0.1) is 43.4 Å². The molecule has 4 heterocycles. The van der Waals surface area contributed by atoms with Gasteiger partial charge in [0.2, 0.25) is 6.29 Å². The third-order valence-corrected chi connectivity index (χ3v) is 21.1. The van der Waals surface area contributed by atoms with Crippen LogP contribution in [0.25, 0.3) is 0 Å². The van der Waals surface area contributed by atoms with E-state index >= 15 is 4.79 Å². The van der Waals surface area contributed by atoms with Gasteiger partial charge in [-0.25, -0.2) is 0 Å². The van der Waals surface area contributed by atoms with Crippen LogP contribution >= 0.6 is 0 Å². The molecule has 0 aromatic rings. The molecule has 24 nitrogen and oxygen atoms in total. The molecule has 2 unspecified atom stereocenters. The summed E-state index contributed by atoms with van der Waals surface area (Å²) in [5, 5.41) is 149. The molecule has 0 aromatic carbocycles. The Morgan fingerprint density at radius 1 is 0.610 bits per heavy atom. The van der Waals surface area contributed by atoms with Gasteiger partial charge in [-0.3, -0.25) is 9.59 Å².